The number of benzene rings is 2. The average molecular weight is 357 g/mol. The Bertz CT molecular complexity index is 779. The summed E-state index contributed by atoms with van der Waals surface area (Å²) in [6.07, 6.45) is 0. The van der Waals surface area contributed by atoms with Gasteiger partial charge in [-0.25, -0.2) is 0 Å². The SMILES string of the molecule is CC(NC(=O)c1cccc([N+](=O)[O-])c1)C(=O)NCCOc1ccccc1. The smallest absolute Gasteiger partial charge is 0.270 e. The molecule has 2 aromatic rings. The second-order valence-electron chi connectivity index (χ2n) is 5.46. The third kappa shape index (κ3) is 5.59. The number of nitro groups is 1. The molecule has 0 aliphatic heterocycles. The third-order valence-corrected chi connectivity index (χ3v) is 3.47. The summed E-state index contributed by atoms with van der Waals surface area (Å²) in [5.74, 6) is -0.230. The van der Waals surface area contributed by atoms with Crippen molar-refractivity contribution in [2.24, 2.45) is 0 Å². The van der Waals surface area contributed by atoms with Crippen LogP contribution < -0.4 is 15.4 Å². The van der Waals surface area contributed by atoms with Crippen molar-refractivity contribution in [1.29, 1.82) is 0 Å². The number of rotatable bonds is 8. The number of nitrogens with zero attached hydrogens (tertiary/aromatic N) is 1. The average Bonchev–Trinajstić information content (AvgIpc) is 2.65. The Morgan fingerprint density at radius 2 is 1.88 bits per heavy atom. The summed E-state index contributed by atoms with van der Waals surface area (Å²) in [7, 11) is 0. The molecule has 0 heterocycles. The molecule has 136 valence electrons. The number of hydrogen-bond donors (Lipinski definition) is 2. The quantitative estimate of drug-likeness (QED) is 0.426. The molecule has 1 atom stereocenters. The fourth-order valence-electron chi connectivity index (χ4n) is 2.12. The zero-order chi connectivity index (χ0) is 18.9. The number of nitro benzene ring substituents is 1. The molecule has 0 aliphatic rings. The second-order valence-corrected chi connectivity index (χ2v) is 5.46. The predicted octanol–water partition coefficient (Wildman–Crippen LogP) is 1.91. The summed E-state index contributed by atoms with van der Waals surface area (Å²) in [6.45, 7) is 2.11. The Labute approximate surface area is 150 Å². The van der Waals surface area contributed by atoms with Gasteiger partial charge in [0.25, 0.3) is 11.6 Å². The van der Waals surface area contributed by atoms with E-state index in [1.807, 2.05) is 30.3 Å². The lowest BCUT2D eigenvalue weighted by Crippen LogP contribution is -2.45. The molecule has 0 aliphatic carbocycles. The van der Waals surface area contributed by atoms with Crippen molar-refractivity contribution in [3.8, 4) is 5.75 Å². The van der Waals surface area contributed by atoms with Gasteiger partial charge < -0.3 is 15.4 Å². The maximum Gasteiger partial charge on any atom is 0.270 e. The minimum atomic E-state index is -0.793. The molecule has 26 heavy (non-hydrogen) atoms. The number of ether oxygens (including phenoxy) is 1. The standard InChI is InChI=1S/C18H19N3O5/c1-13(17(22)19-10-11-26-16-8-3-2-4-9-16)20-18(23)14-6-5-7-15(12-14)21(24)25/h2-9,12-13H,10-11H2,1H3,(H,19,22)(H,20,23). The van der Waals surface area contributed by atoms with Crippen LogP contribution in [-0.4, -0.2) is 35.9 Å². The van der Waals surface area contributed by atoms with Gasteiger partial charge in [0.1, 0.15) is 18.4 Å². The van der Waals surface area contributed by atoms with Gasteiger partial charge >= 0.3 is 0 Å². The highest BCUT2D eigenvalue weighted by Crippen LogP contribution is 2.13. The summed E-state index contributed by atoms with van der Waals surface area (Å²) < 4.78 is 5.46. The zero-order valence-corrected chi connectivity index (χ0v) is 14.2. The van der Waals surface area contributed by atoms with Gasteiger partial charge in [0.2, 0.25) is 5.91 Å². The number of amides is 2. The monoisotopic (exact) mass is 357 g/mol. The van der Waals surface area contributed by atoms with E-state index in [2.05, 4.69) is 10.6 Å². The van der Waals surface area contributed by atoms with Gasteiger partial charge in [-0.1, -0.05) is 24.3 Å². The van der Waals surface area contributed by atoms with E-state index in [1.54, 1.807) is 0 Å². The second kappa shape index (κ2) is 9.16. The highest BCUT2D eigenvalue weighted by molar-refractivity contribution is 5.97. The molecule has 0 spiro atoms. The third-order valence-electron chi connectivity index (χ3n) is 3.47. The van der Waals surface area contributed by atoms with Crippen molar-refractivity contribution in [1.82, 2.24) is 10.6 Å². The summed E-state index contributed by atoms with van der Waals surface area (Å²) in [4.78, 5) is 34.3. The van der Waals surface area contributed by atoms with Crippen molar-refractivity contribution in [2.75, 3.05) is 13.2 Å². The lowest BCUT2D eigenvalue weighted by Gasteiger charge is -2.14. The first-order valence-corrected chi connectivity index (χ1v) is 7.98. The van der Waals surface area contributed by atoms with E-state index >= 15 is 0 Å². The number of carbonyl (C=O) groups is 2. The Balaban J connectivity index is 1.78. The molecule has 0 fully saturated rings. The number of non-ortho nitro benzene ring substituents is 1. The van der Waals surface area contributed by atoms with Crippen LogP contribution in [0, 0.1) is 10.1 Å². The van der Waals surface area contributed by atoms with E-state index in [4.69, 9.17) is 4.74 Å². The highest BCUT2D eigenvalue weighted by Gasteiger charge is 2.17. The fraction of sp³-hybridized carbons (Fsp3) is 0.222. The first kappa shape index (κ1) is 18.9. The Morgan fingerprint density at radius 3 is 2.58 bits per heavy atom. The lowest BCUT2D eigenvalue weighted by atomic mass is 10.1. The molecule has 0 bridgehead atoms. The van der Waals surface area contributed by atoms with Gasteiger partial charge in [-0.3, -0.25) is 19.7 Å². The molecule has 2 aromatic carbocycles. The molecular formula is C18H19N3O5. The van der Waals surface area contributed by atoms with Crippen LogP contribution in [0.25, 0.3) is 0 Å². The molecular weight excluding hydrogens is 338 g/mol. The summed E-state index contributed by atoms with van der Waals surface area (Å²) >= 11 is 0. The molecule has 8 nitrogen and oxygen atoms in total. The van der Waals surface area contributed by atoms with Crippen LogP contribution in [0.2, 0.25) is 0 Å². The van der Waals surface area contributed by atoms with E-state index in [0.717, 1.165) is 6.07 Å². The van der Waals surface area contributed by atoms with E-state index in [9.17, 15) is 19.7 Å². The van der Waals surface area contributed by atoms with Crippen molar-refractivity contribution >= 4 is 17.5 Å². The molecule has 2 rings (SSSR count). The van der Waals surface area contributed by atoms with Gasteiger partial charge in [0.05, 0.1) is 11.5 Å². The highest BCUT2D eigenvalue weighted by atomic mass is 16.6. The van der Waals surface area contributed by atoms with Crippen LogP contribution in [0.4, 0.5) is 5.69 Å². The van der Waals surface area contributed by atoms with Crippen LogP contribution in [0.1, 0.15) is 17.3 Å². The molecule has 8 heteroatoms. The van der Waals surface area contributed by atoms with Gasteiger partial charge in [-0.05, 0) is 25.1 Å². The van der Waals surface area contributed by atoms with Crippen molar-refractivity contribution in [3.63, 3.8) is 0 Å². The van der Waals surface area contributed by atoms with E-state index in [1.165, 1.54) is 25.1 Å². The minimum absolute atomic E-state index is 0.117. The fourth-order valence-corrected chi connectivity index (χ4v) is 2.12. The van der Waals surface area contributed by atoms with Crippen molar-refractivity contribution in [3.05, 3.63) is 70.3 Å². The minimum Gasteiger partial charge on any atom is -0.492 e. The van der Waals surface area contributed by atoms with Crippen LogP contribution in [0.15, 0.2) is 54.6 Å². The van der Waals surface area contributed by atoms with Crippen molar-refractivity contribution < 1.29 is 19.2 Å². The molecule has 2 N–H and O–H groups in total. The van der Waals surface area contributed by atoms with Crippen molar-refractivity contribution in [2.45, 2.75) is 13.0 Å². The van der Waals surface area contributed by atoms with Crippen LogP contribution in [-0.2, 0) is 4.79 Å². The first-order chi connectivity index (χ1) is 12.5. The summed E-state index contributed by atoms with van der Waals surface area (Å²) in [6, 6.07) is 13.7. The van der Waals surface area contributed by atoms with E-state index < -0.39 is 16.9 Å². The molecule has 2 amide bonds. The maximum absolute atomic E-state index is 12.1. The molecule has 0 radical (unpaired) electrons. The zero-order valence-electron chi connectivity index (χ0n) is 14.2. The normalized spacial score (nSPS) is 11.3. The topological polar surface area (TPSA) is 111 Å². The first-order valence-electron chi connectivity index (χ1n) is 7.98. The van der Waals surface area contributed by atoms with Gasteiger partial charge in [0, 0.05) is 17.7 Å². The number of para-hydroxylation sites is 1. The number of hydrogen-bond acceptors (Lipinski definition) is 5. The molecule has 0 saturated heterocycles. The van der Waals surface area contributed by atoms with Crippen LogP contribution in [0.5, 0.6) is 5.75 Å². The summed E-state index contributed by atoms with van der Waals surface area (Å²) in [5.41, 5.74) is -0.0703. The van der Waals surface area contributed by atoms with Gasteiger partial charge in [-0.15, -0.1) is 0 Å². The van der Waals surface area contributed by atoms with E-state index in [0.29, 0.717) is 12.4 Å². The maximum atomic E-state index is 12.1. The lowest BCUT2D eigenvalue weighted by molar-refractivity contribution is -0.384. The Morgan fingerprint density at radius 1 is 1.15 bits per heavy atom. The van der Waals surface area contributed by atoms with Crippen LogP contribution in [0.3, 0.4) is 0 Å². The van der Waals surface area contributed by atoms with Gasteiger partial charge in [-0.2, -0.15) is 0 Å². The van der Waals surface area contributed by atoms with Crippen LogP contribution >= 0.6 is 0 Å². The molecule has 0 aromatic heterocycles. The molecule has 0 saturated carbocycles. The van der Waals surface area contributed by atoms with E-state index in [-0.39, 0.29) is 23.7 Å². The molecule has 1 unspecified atom stereocenters. The Hall–Kier alpha value is -3.42. The largest absolute Gasteiger partial charge is 0.492 e. The number of nitrogens with one attached hydrogen (secondary N) is 2. The van der Waals surface area contributed by atoms with Gasteiger partial charge in [0.15, 0.2) is 0 Å². The summed E-state index contributed by atoms with van der Waals surface area (Å²) in [5, 5.41) is 15.9. The Kier molecular flexibility index (Phi) is 6.67. The predicted molar refractivity (Wildman–Crippen MR) is 95.0 cm³/mol. The number of carbonyl (C=O) groups excluding carboxylic acids is 2.